The molecule has 2 heterocycles. The zero-order valence-corrected chi connectivity index (χ0v) is 11.1. The molecule has 1 aliphatic carbocycles. The van der Waals surface area contributed by atoms with Crippen LogP contribution >= 0.6 is 11.6 Å². The predicted molar refractivity (Wildman–Crippen MR) is 68.7 cm³/mol. The Bertz CT molecular complexity index is 576. The van der Waals surface area contributed by atoms with Crippen LogP contribution in [0.2, 0.25) is 5.15 Å². The molecule has 0 aromatic carbocycles. The molecule has 0 spiro atoms. The van der Waals surface area contributed by atoms with Crippen LogP contribution in [-0.4, -0.2) is 14.6 Å². The summed E-state index contributed by atoms with van der Waals surface area (Å²) >= 11 is 6.26. The Balaban J connectivity index is 2.17. The van der Waals surface area contributed by atoms with E-state index in [-0.39, 0.29) is 5.41 Å². The van der Waals surface area contributed by atoms with Gasteiger partial charge < -0.3 is 0 Å². The van der Waals surface area contributed by atoms with E-state index in [1.807, 2.05) is 6.07 Å². The molecule has 0 atom stereocenters. The van der Waals surface area contributed by atoms with Gasteiger partial charge >= 0.3 is 0 Å². The molecular formula is C13H16ClN3. The van der Waals surface area contributed by atoms with Gasteiger partial charge in [-0.25, -0.2) is 9.50 Å². The van der Waals surface area contributed by atoms with Gasteiger partial charge in [0.25, 0.3) is 0 Å². The molecule has 2 aromatic heterocycles. The zero-order valence-electron chi connectivity index (χ0n) is 10.4. The first-order chi connectivity index (χ1) is 7.95. The quantitative estimate of drug-likeness (QED) is 0.724. The lowest BCUT2D eigenvalue weighted by atomic mass is 9.96. The standard InChI is InChI=1S/C13H16ClN3/c1-13(2,3)12-15-11-7-9(8-4-5-8)6-10(14)17(11)16-12/h6-8H,4-5H2,1-3H3. The van der Waals surface area contributed by atoms with E-state index in [1.54, 1.807) is 4.52 Å². The highest BCUT2D eigenvalue weighted by molar-refractivity contribution is 6.29. The molecule has 1 aliphatic rings. The normalized spacial score (nSPS) is 16.7. The van der Waals surface area contributed by atoms with Crippen molar-refractivity contribution >= 4 is 17.2 Å². The molecule has 0 aliphatic heterocycles. The number of aromatic nitrogens is 3. The summed E-state index contributed by atoms with van der Waals surface area (Å²) in [5.74, 6) is 1.53. The maximum Gasteiger partial charge on any atom is 0.157 e. The first-order valence-electron chi connectivity index (χ1n) is 6.02. The van der Waals surface area contributed by atoms with Gasteiger partial charge in [-0.3, -0.25) is 0 Å². The Kier molecular flexibility index (Phi) is 2.24. The van der Waals surface area contributed by atoms with Gasteiger partial charge in [-0.1, -0.05) is 32.4 Å². The van der Waals surface area contributed by atoms with E-state index in [2.05, 4.69) is 36.9 Å². The van der Waals surface area contributed by atoms with Gasteiger partial charge in [0.2, 0.25) is 0 Å². The molecule has 0 radical (unpaired) electrons. The SMILES string of the molecule is CC(C)(C)c1nc2cc(C3CC3)cc(Cl)n2n1. The third kappa shape index (κ3) is 1.93. The van der Waals surface area contributed by atoms with Crippen LogP contribution in [0.25, 0.3) is 5.65 Å². The van der Waals surface area contributed by atoms with E-state index in [0.717, 1.165) is 11.5 Å². The molecule has 3 rings (SSSR count). The van der Waals surface area contributed by atoms with Crippen LogP contribution < -0.4 is 0 Å². The lowest BCUT2D eigenvalue weighted by Crippen LogP contribution is -2.13. The Labute approximate surface area is 106 Å². The van der Waals surface area contributed by atoms with Crippen molar-refractivity contribution in [1.29, 1.82) is 0 Å². The predicted octanol–water partition coefficient (Wildman–Crippen LogP) is 3.56. The minimum atomic E-state index is -0.0465. The second-order valence-electron chi connectivity index (χ2n) is 5.84. The van der Waals surface area contributed by atoms with E-state index in [1.165, 1.54) is 18.4 Å². The number of halogens is 1. The number of hydrogen-bond donors (Lipinski definition) is 0. The number of pyridine rings is 1. The molecule has 2 aromatic rings. The van der Waals surface area contributed by atoms with Crippen LogP contribution in [0.3, 0.4) is 0 Å². The Morgan fingerprint density at radius 2 is 2.00 bits per heavy atom. The average Bonchev–Trinajstić information content (AvgIpc) is 2.96. The van der Waals surface area contributed by atoms with Gasteiger partial charge in [0.05, 0.1) is 0 Å². The van der Waals surface area contributed by atoms with E-state index < -0.39 is 0 Å². The summed E-state index contributed by atoms with van der Waals surface area (Å²) in [6.45, 7) is 6.33. The monoisotopic (exact) mass is 249 g/mol. The third-order valence-electron chi connectivity index (χ3n) is 3.14. The lowest BCUT2D eigenvalue weighted by Gasteiger charge is -2.11. The number of rotatable bonds is 1. The van der Waals surface area contributed by atoms with Crippen LogP contribution in [0.15, 0.2) is 12.1 Å². The molecule has 0 unspecified atom stereocenters. The fraction of sp³-hybridized carbons (Fsp3) is 0.538. The Morgan fingerprint density at radius 1 is 1.29 bits per heavy atom. The summed E-state index contributed by atoms with van der Waals surface area (Å²) in [6.07, 6.45) is 2.54. The Morgan fingerprint density at radius 3 is 2.59 bits per heavy atom. The molecule has 1 saturated carbocycles. The molecular weight excluding hydrogens is 234 g/mol. The second kappa shape index (κ2) is 3.45. The lowest BCUT2D eigenvalue weighted by molar-refractivity contribution is 0.545. The molecule has 4 heteroatoms. The number of hydrogen-bond acceptors (Lipinski definition) is 2. The van der Waals surface area contributed by atoms with Crippen molar-refractivity contribution in [2.45, 2.75) is 44.9 Å². The van der Waals surface area contributed by atoms with Crippen LogP contribution in [0.5, 0.6) is 0 Å². The minimum Gasteiger partial charge on any atom is -0.211 e. The van der Waals surface area contributed by atoms with Gasteiger partial charge in [0, 0.05) is 5.41 Å². The number of fused-ring (bicyclic) bond motifs is 1. The molecule has 3 nitrogen and oxygen atoms in total. The van der Waals surface area contributed by atoms with Gasteiger partial charge in [0.1, 0.15) is 5.15 Å². The van der Waals surface area contributed by atoms with Gasteiger partial charge in [-0.2, -0.15) is 0 Å². The smallest absolute Gasteiger partial charge is 0.157 e. The highest BCUT2D eigenvalue weighted by Gasteiger charge is 2.26. The molecule has 17 heavy (non-hydrogen) atoms. The fourth-order valence-corrected chi connectivity index (χ4v) is 2.18. The fourth-order valence-electron chi connectivity index (χ4n) is 1.93. The van der Waals surface area contributed by atoms with Gasteiger partial charge in [-0.15, -0.1) is 5.10 Å². The summed E-state index contributed by atoms with van der Waals surface area (Å²) in [7, 11) is 0. The van der Waals surface area contributed by atoms with Crippen molar-refractivity contribution in [3.05, 3.63) is 28.7 Å². The van der Waals surface area contributed by atoms with Crippen molar-refractivity contribution in [3.63, 3.8) is 0 Å². The summed E-state index contributed by atoms with van der Waals surface area (Å²) in [6, 6.07) is 4.14. The van der Waals surface area contributed by atoms with E-state index in [0.29, 0.717) is 11.1 Å². The van der Waals surface area contributed by atoms with Crippen LogP contribution in [0, 0.1) is 0 Å². The van der Waals surface area contributed by atoms with E-state index in [9.17, 15) is 0 Å². The maximum absolute atomic E-state index is 6.26. The third-order valence-corrected chi connectivity index (χ3v) is 3.40. The van der Waals surface area contributed by atoms with Crippen molar-refractivity contribution in [3.8, 4) is 0 Å². The first kappa shape index (κ1) is 11.0. The van der Waals surface area contributed by atoms with Crippen LogP contribution in [-0.2, 0) is 5.41 Å². The summed E-state index contributed by atoms with van der Waals surface area (Å²) in [5.41, 5.74) is 2.12. The highest BCUT2D eigenvalue weighted by atomic mass is 35.5. The first-order valence-corrected chi connectivity index (χ1v) is 6.39. The number of nitrogens with zero attached hydrogens (tertiary/aromatic N) is 3. The largest absolute Gasteiger partial charge is 0.211 e. The average molecular weight is 250 g/mol. The molecule has 90 valence electrons. The van der Waals surface area contributed by atoms with Crippen LogP contribution in [0.1, 0.15) is 50.9 Å². The topological polar surface area (TPSA) is 30.2 Å². The zero-order chi connectivity index (χ0) is 12.2. The van der Waals surface area contributed by atoms with Gasteiger partial charge in [-0.05, 0) is 36.5 Å². The van der Waals surface area contributed by atoms with Crippen molar-refractivity contribution in [1.82, 2.24) is 14.6 Å². The summed E-state index contributed by atoms with van der Waals surface area (Å²) in [4.78, 5) is 4.58. The molecule has 0 bridgehead atoms. The van der Waals surface area contributed by atoms with Crippen molar-refractivity contribution in [2.24, 2.45) is 0 Å². The summed E-state index contributed by atoms with van der Waals surface area (Å²) < 4.78 is 1.73. The highest BCUT2D eigenvalue weighted by Crippen LogP contribution is 2.41. The van der Waals surface area contributed by atoms with Gasteiger partial charge in [0.15, 0.2) is 11.5 Å². The summed E-state index contributed by atoms with van der Waals surface area (Å²) in [5, 5.41) is 5.14. The van der Waals surface area contributed by atoms with Crippen molar-refractivity contribution in [2.75, 3.05) is 0 Å². The minimum absolute atomic E-state index is 0.0465. The molecule has 1 fully saturated rings. The van der Waals surface area contributed by atoms with E-state index in [4.69, 9.17) is 11.6 Å². The molecule has 0 amide bonds. The van der Waals surface area contributed by atoms with Crippen LogP contribution in [0.4, 0.5) is 0 Å². The second-order valence-corrected chi connectivity index (χ2v) is 6.23. The molecule has 0 N–H and O–H groups in total. The Hall–Kier alpha value is -1.09. The maximum atomic E-state index is 6.26. The van der Waals surface area contributed by atoms with Crippen molar-refractivity contribution < 1.29 is 0 Å². The van der Waals surface area contributed by atoms with E-state index >= 15 is 0 Å². The molecule has 0 saturated heterocycles.